The van der Waals surface area contributed by atoms with Gasteiger partial charge < -0.3 is 10.6 Å². The number of nitrogens with zero attached hydrogens (tertiary/aromatic N) is 4. The molecule has 1 aliphatic rings. The SMILES string of the molecule is CC1(C)CN(C(=O)c2cn(Cc3ccccc3)nn2)CCC1N.Cl. The van der Waals surface area contributed by atoms with E-state index in [0.29, 0.717) is 25.3 Å². The van der Waals surface area contributed by atoms with Gasteiger partial charge in [0.05, 0.1) is 12.7 Å². The van der Waals surface area contributed by atoms with E-state index in [1.54, 1.807) is 10.9 Å². The standard InChI is InChI=1S/C17H23N5O.ClH/c1-17(2)12-21(9-8-15(17)18)16(23)14-11-22(20-19-14)10-13-6-4-3-5-7-13;/h3-7,11,15H,8-10,12,18H2,1-2H3;1H. The van der Waals surface area contributed by atoms with Crippen LogP contribution in [-0.2, 0) is 6.54 Å². The summed E-state index contributed by atoms with van der Waals surface area (Å²) in [5, 5.41) is 8.12. The third-order valence-corrected chi connectivity index (χ3v) is 4.54. The molecule has 0 radical (unpaired) electrons. The van der Waals surface area contributed by atoms with E-state index in [0.717, 1.165) is 12.0 Å². The minimum Gasteiger partial charge on any atom is -0.337 e. The van der Waals surface area contributed by atoms with Crippen molar-refractivity contribution in [2.75, 3.05) is 13.1 Å². The van der Waals surface area contributed by atoms with Crippen molar-refractivity contribution in [2.45, 2.75) is 32.9 Å². The molecule has 1 aliphatic heterocycles. The molecule has 0 spiro atoms. The molecule has 2 N–H and O–H groups in total. The number of piperidine rings is 1. The first-order valence-electron chi connectivity index (χ1n) is 7.94. The van der Waals surface area contributed by atoms with Gasteiger partial charge in [-0.3, -0.25) is 4.79 Å². The fourth-order valence-corrected chi connectivity index (χ4v) is 2.95. The number of likely N-dealkylation sites (tertiary alicyclic amines) is 1. The van der Waals surface area contributed by atoms with Crippen LogP contribution >= 0.6 is 12.4 Å². The zero-order valence-electron chi connectivity index (χ0n) is 14.1. The molecule has 3 rings (SSSR count). The number of halogens is 1. The van der Waals surface area contributed by atoms with E-state index in [2.05, 4.69) is 24.2 Å². The lowest BCUT2D eigenvalue weighted by Crippen LogP contribution is -2.54. The van der Waals surface area contributed by atoms with Gasteiger partial charge in [-0.05, 0) is 17.4 Å². The lowest BCUT2D eigenvalue weighted by atomic mass is 9.79. The van der Waals surface area contributed by atoms with Crippen molar-refractivity contribution >= 4 is 18.3 Å². The van der Waals surface area contributed by atoms with E-state index in [1.165, 1.54) is 0 Å². The second-order valence-electron chi connectivity index (χ2n) is 6.90. The van der Waals surface area contributed by atoms with Gasteiger partial charge in [-0.1, -0.05) is 49.4 Å². The highest BCUT2D eigenvalue weighted by atomic mass is 35.5. The zero-order chi connectivity index (χ0) is 16.4. The number of benzene rings is 1. The van der Waals surface area contributed by atoms with Crippen molar-refractivity contribution in [3.05, 3.63) is 47.8 Å². The largest absolute Gasteiger partial charge is 0.337 e. The predicted octanol–water partition coefficient (Wildman–Crippen LogP) is 1.95. The molecule has 1 aromatic carbocycles. The highest BCUT2D eigenvalue weighted by molar-refractivity contribution is 5.92. The average molecular weight is 350 g/mol. The van der Waals surface area contributed by atoms with Crippen molar-refractivity contribution < 1.29 is 4.79 Å². The summed E-state index contributed by atoms with van der Waals surface area (Å²) < 4.78 is 1.70. The quantitative estimate of drug-likeness (QED) is 0.918. The van der Waals surface area contributed by atoms with Crippen LogP contribution in [0.5, 0.6) is 0 Å². The summed E-state index contributed by atoms with van der Waals surface area (Å²) in [5.74, 6) is -0.0655. The maximum atomic E-state index is 12.6. The minimum atomic E-state index is -0.0755. The number of carbonyl (C=O) groups is 1. The Hall–Kier alpha value is -1.92. The molecule has 1 fully saturated rings. The first-order valence-corrected chi connectivity index (χ1v) is 7.94. The Bertz CT molecular complexity index is 685. The molecule has 0 aliphatic carbocycles. The Morgan fingerprint density at radius 1 is 1.33 bits per heavy atom. The topological polar surface area (TPSA) is 77.0 Å². The van der Waals surface area contributed by atoms with Crippen LogP contribution in [0.4, 0.5) is 0 Å². The third kappa shape index (κ3) is 3.94. The molecule has 130 valence electrons. The third-order valence-electron chi connectivity index (χ3n) is 4.54. The number of nitrogens with two attached hydrogens (primary N) is 1. The van der Waals surface area contributed by atoms with E-state index < -0.39 is 0 Å². The fraction of sp³-hybridized carbons (Fsp3) is 0.471. The van der Waals surface area contributed by atoms with Crippen LogP contribution in [0.2, 0.25) is 0 Å². The molecule has 24 heavy (non-hydrogen) atoms. The van der Waals surface area contributed by atoms with Crippen LogP contribution in [-0.4, -0.2) is 44.9 Å². The second-order valence-corrected chi connectivity index (χ2v) is 6.90. The van der Waals surface area contributed by atoms with Gasteiger partial charge >= 0.3 is 0 Å². The average Bonchev–Trinajstić information content (AvgIpc) is 2.98. The van der Waals surface area contributed by atoms with Gasteiger partial charge in [0.25, 0.3) is 5.91 Å². The molecule has 1 aromatic heterocycles. The van der Waals surface area contributed by atoms with Gasteiger partial charge in [-0.15, -0.1) is 17.5 Å². The van der Waals surface area contributed by atoms with Crippen molar-refractivity contribution in [3.63, 3.8) is 0 Å². The van der Waals surface area contributed by atoms with Crippen LogP contribution in [0, 0.1) is 5.41 Å². The summed E-state index contributed by atoms with van der Waals surface area (Å²) in [7, 11) is 0. The molecule has 1 atom stereocenters. The molecule has 7 heteroatoms. The number of aromatic nitrogens is 3. The molecule has 1 saturated heterocycles. The number of carbonyl (C=O) groups excluding carboxylic acids is 1. The summed E-state index contributed by atoms with van der Waals surface area (Å²) in [6.07, 6.45) is 2.54. The lowest BCUT2D eigenvalue weighted by Gasteiger charge is -2.42. The molecule has 0 saturated carbocycles. The molecular weight excluding hydrogens is 326 g/mol. The Balaban J connectivity index is 0.00000208. The molecule has 1 amide bonds. The first kappa shape index (κ1) is 18.4. The second kappa shape index (κ2) is 7.32. The summed E-state index contributed by atoms with van der Waals surface area (Å²) in [4.78, 5) is 14.5. The van der Waals surface area contributed by atoms with Gasteiger partial charge in [0, 0.05) is 19.1 Å². The van der Waals surface area contributed by atoms with Crippen molar-refractivity contribution in [3.8, 4) is 0 Å². The maximum Gasteiger partial charge on any atom is 0.276 e. The van der Waals surface area contributed by atoms with Crippen molar-refractivity contribution in [1.82, 2.24) is 19.9 Å². The van der Waals surface area contributed by atoms with Crippen LogP contribution < -0.4 is 5.73 Å². The molecule has 0 bridgehead atoms. The first-order chi connectivity index (χ1) is 11.0. The Kier molecular flexibility index (Phi) is 5.62. The van der Waals surface area contributed by atoms with Crippen LogP contribution in [0.1, 0.15) is 36.3 Å². The van der Waals surface area contributed by atoms with Gasteiger partial charge in [0.1, 0.15) is 0 Å². The highest BCUT2D eigenvalue weighted by Gasteiger charge is 2.36. The predicted molar refractivity (Wildman–Crippen MR) is 95.1 cm³/mol. The monoisotopic (exact) mass is 349 g/mol. The van der Waals surface area contributed by atoms with Gasteiger partial charge in [0.15, 0.2) is 5.69 Å². The van der Waals surface area contributed by atoms with E-state index in [9.17, 15) is 4.79 Å². The maximum absolute atomic E-state index is 12.6. The number of amides is 1. The minimum absolute atomic E-state index is 0. The Labute approximate surface area is 148 Å². The summed E-state index contributed by atoms with van der Waals surface area (Å²) in [6.45, 7) is 6.14. The summed E-state index contributed by atoms with van der Waals surface area (Å²) in [6, 6.07) is 10.1. The highest BCUT2D eigenvalue weighted by Crippen LogP contribution is 2.28. The van der Waals surface area contributed by atoms with E-state index >= 15 is 0 Å². The number of rotatable bonds is 3. The van der Waals surface area contributed by atoms with Crippen LogP contribution in [0.25, 0.3) is 0 Å². The molecule has 6 nitrogen and oxygen atoms in total. The van der Waals surface area contributed by atoms with Crippen LogP contribution in [0.15, 0.2) is 36.5 Å². The van der Waals surface area contributed by atoms with Crippen LogP contribution in [0.3, 0.4) is 0 Å². The van der Waals surface area contributed by atoms with Gasteiger partial charge in [-0.2, -0.15) is 0 Å². The number of hydrogen-bond acceptors (Lipinski definition) is 4. The molecule has 2 aromatic rings. The molecule has 1 unspecified atom stereocenters. The fourth-order valence-electron chi connectivity index (χ4n) is 2.95. The van der Waals surface area contributed by atoms with E-state index in [4.69, 9.17) is 5.73 Å². The summed E-state index contributed by atoms with van der Waals surface area (Å²) in [5.41, 5.74) is 7.58. The Morgan fingerprint density at radius 2 is 2.04 bits per heavy atom. The lowest BCUT2D eigenvalue weighted by molar-refractivity contribution is 0.0527. The van der Waals surface area contributed by atoms with Crippen molar-refractivity contribution in [1.29, 1.82) is 0 Å². The molecular formula is C17H24ClN5O. The molecule has 2 heterocycles. The van der Waals surface area contributed by atoms with E-state index in [1.807, 2.05) is 35.2 Å². The van der Waals surface area contributed by atoms with Gasteiger partial charge in [0.2, 0.25) is 0 Å². The number of hydrogen-bond donors (Lipinski definition) is 1. The zero-order valence-corrected chi connectivity index (χ0v) is 14.9. The normalized spacial score (nSPS) is 19.6. The van der Waals surface area contributed by atoms with Gasteiger partial charge in [-0.25, -0.2) is 4.68 Å². The smallest absolute Gasteiger partial charge is 0.276 e. The Morgan fingerprint density at radius 3 is 2.71 bits per heavy atom. The summed E-state index contributed by atoms with van der Waals surface area (Å²) >= 11 is 0. The van der Waals surface area contributed by atoms with E-state index in [-0.39, 0.29) is 29.8 Å². The van der Waals surface area contributed by atoms with Crippen molar-refractivity contribution in [2.24, 2.45) is 11.1 Å².